The first-order valence-electron chi connectivity index (χ1n) is 30.4. The van der Waals surface area contributed by atoms with Crippen molar-refractivity contribution in [2.75, 3.05) is 61.4 Å². The molecule has 46 heteroatoms. The van der Waals surface area contributed by atoms with Gasteiger partial charge in [0.15, 0.2) is 20.2 Å². The van der Waals surface area contributed by atoms with Crippen molar-refractivity contribution >= 4 is 224 Å². The molecule has 1 aromatic carbocycles. The smallest absolute Gasteiger partial charge is 0.265 e. The van der Waals surface area contributed by atoms with Crippen LogP contribution in [0, 0.1) is 79.4 Å². The minimum atomic E-state index is -3.68. The molecule has 0 unspecified atom stereocenters. The molecule has 2 aliphatic rings. The summed E-state index contributed by atoms with van der Waals surface area (Å²) in [6, 6.07) is 9.39. The van der Waals surface area contributed by atoms with Crippen LogP contribution in [-0.2, 0) is 29.5 Å². The normalized spacial score (nSPS) is 18.2. The van der Waals surface area contributed by atoms with Crippen molar-refractivity contribution in [1.29, 1.82) is 0 Å². The molecule has 32 nitrogen and oxygen atoms in total. The third kappa shape index (κ3) is 26.9. The van der Waals surface area contributed by atoms with Crippen LogP contribution in [0.15, 0.2) is 81.7 Å². The Balaban J connectivity index is 0.000000234. The summed E-state index contributed by atoms with van der Waals surface area (Å²) in [7, 11) is -10.6. The van der Waals surface area contributed by atoms with E-state index in [1.165, 1.54) is 58.8 Å². The van der Waals surface area contributed by atoms with Crippen LogP contribution < -0.4 is 27.3 Å². The minimum Gasteiger partial charge on any atom is -0.396 e. The fourth-order valence-electron chi connectivity index (χ4n) is 9.23. The molecule has 8 aromatic heterocycles. The highest BCUT2D eigenvalue weighted by Crippen LogP contribution is 2.39. The van der Waals surface area contributed by atoms with E-state index in [1.54, 1.807) is 34.6 Å². The number of thiazole rings is 1. The number of aliphatic hydroxyl groups excluding tert-OH is 6. The highest BCUT2D eigenvalue weighted by atomic mass is 127. The Hall–Kier alpha value is -3.95. The number of nitrogens with one attached hydrogen (secondary N) is 6. The number of halogens is 6. The summed E-state index contributed by atoms with van der Waals surface area (Å²) in [5.74, 6) is -0.400. The second-order valence-corrected chi connectivity index (χ2v) is 37.5. The first-order valence-corrected chi connectivity index (χ1v) is 46.0. The van der Waals surface area contributed by atoms with Crippen LogP contribution >= 0.6 is 172 Å². The Labute approximate surface area is 695 Å². The third-order valence-corrected chi connectivity index (χ3v) is 26.3. The maximum Gasteiger partial charge on any atom is 0.265 e. The lowest BCUT2D eigenvalue weighted by atomic mass is 10.1. The van der Waals surface area contributed by atoms with Crippen LogP contribution in [0.3, 0.4) is 0 Å². The van der Waals surface area contributed by atoms with E-state index in [0.29, 0.717) is 77.3 Å². The molecule has 578 valence electrons. The molecule has 9 aromatic rings. The highest BCUT2D eigenvalue weighted by Gasteiger charge is 2.43. The molecule has 2 saturated carbocycles. The minimum absolute atomic E-state index is 0.0533. The molecular formula is C60H73Cl2I4N17O15S8. The third-order valence-electron chi connectivity index (χ3n) is 14.5. The van der Waals surface area contributed by atoms with Gasteiger partial charge < -0.3 is 56.2 Å². The molecule has 0 radical (unpaired) electrons. The zero-order chi connectivity index (χ0) is 79.8. The van der Waals surface area contributed by atoms with E-state index >= 15 is 0 Å². The summed E-state index contributed by atoms with van der Waals surface area (Å²) in [5.41, 5.74) is 5.82. The van der Waals surface area contributed by atoms with Crippen molar-refractivity contribution in [1.82, 2.24) is 74.8 Å². The second-order valence-electron chi connectivity index (χ2n) is 22.9. The van der Waals surface area contributed by atoms with E-state index in [-0.39, 0.29) is 56.3 Å². The Morgan fingerprint density at radius 1 is 0.538 bits per heavy atom. The number of aryl methyl sites for hydroxylation is 7. The molecule has 0 bridgehead atoms. The molecule has 8 atom stereocenters. The van der Waals surface area contributed by atoms with Gasteiger partial charge in [-0.1, -0.05) is 70.6 Å². The summed E-state index contributed by atoms with van der Waals surface area (Å²) < 4.78 is 73.8. The molecule has 0 amide bonds. The molecule has 0 aliphatic heterocycles. The average molecular weight is 2110 g/mol. The quantitative estimate of drug-likeness (QED) is 0.0175. The van der Waals surface area contributed by atoms with Gasteiger partial charge in [0.1, 0.15) is 39.2 Å². The summed E-state index contributed by atoms with van der Waals surface area (Å²) in [6.45, 7) is 11.9. The number of thioether (sulfide) groups is 3. The number of benzene rings is 1. The van der Waals surface area contributed by atoms with E-state index in [0.717, 1.165) is 60.5 Å². The topological polar surface area (TPSA) is 504 Å². The number of fused-ring (bicyclic) bond motifs is 1. The number of nitrogens with zero attached hydrogens (tertiary/aromatic N) is 11. The Morgan fingerprint density at radius 3 is 1.43 bits per heavy atom. The second kappa shape index (κ2) is 41.5. The lowest BCUT2D eigenvalue weighted by Gasteiger charge is -2.21. The van der Waals surface area contributed by atoms with Gasteiger partial charge in [-0.2, -0.15) is 4.98 Å². The molecular weight excluding hydrogens is 2030 g/mol. The van der Waals surface area contributed by atoms with Gasteiger partial charge in [0.05, 0.1) is 82.8 Å². The first kappa shape index (κ1) is 92.7. The monoisotopic (exact) mass is 2100 g/mol. The number of aromatic amines is 4. The molecule has 2 aliphatic carbocycles. The van der Waals surface area contributed by atoms with Gasteiger partial charge in [-0.3, -0.25) is 19.4 Å². The zero-order valence-electron chi connectivity index (χ0n) is 58.2. The van der Waals surface area contributed by atoms with Crippen LogP contribution in [0.5, 0.6) is 0 Å². The lowest BCUT2D eigenvalue weighted by Crippen LogP contribution is -2.36. The van der Waals surface area contributed by atoms with E-state index in [9.17, 15) is 70.3 Å². The fraction of sp³-hybridized carbons (Fsp3) is 0.417. The van der Waals surface area contributed by atoms with Crippen molar-refractivity contribution in [3.63, 3.8) is 0 Å². The largest absolute Gasteiger partial charge is 0.396 e. The standard InChI is InChI=1S/C19H22N4O5S2.C12H18IN3O5S.C6H6ClIN2O2S.C6H6ClIN2S.C6H7IN2OS.C6H8N2OS.C5H6N2OS/c1-9-14(18-22-11-5-3-4-6-13(11)29-18)17(23-19(20-9)30(2,27)28)21-12-7-10(8-24)15(25)16(12)26;1-5-8(13)11(16-12(14-5)22(2,20)21)15-7-3-6(4-17)9(18)10(7)19;1-3-4(8)5(7)10-6(9-3)13(2,11)12;1-3-4(8)5(7)10-6(9-3)11-2;1-3-4(7)5(10)9-6(8-3)11-2;1-4-3-5(9)8-6(7-4)10-2;1-3-2-4(8)7-5(9)6-3/h3-6,10,12,15-16,24-26H,7-8H2,1-2H3,(H,20,21,23);6-7,9-10,17-19H,3-4H2,1-2H3,(H,14,15,16);1-2H3;1-2H3;1-2H3,(H,8,9,10);3H,1-2H3,(H,7,8,9);2H,1H3,(H2,6,7,8,9)/t10-,12-,15-,16+;6-,7-,9-,10+;;;;;/m11...../s1. The van der Waals surface area contributed by atoms with E-state index in [2.05, 4.69) is 120 Å². The van der Waals surface area contributed by atoms with Gasteiger partial charge in [-0.05, 0) is 195 Å². The number of aromatic nitrogens is 15. The molecule has 106 heavy (non-hydrogen) atoms. The van der Waals surface area contributed by atoms with Crippen molar-refractivity contribution in [2.45, 2.75) is 129 Å². The predicted octanol–water partition coefficient (Wildman–Crippen LogP) is 7.44. The van der Waals surface area contributed by atoms with Crippen molar-refractivity contribution in [2.24, 2.45) is 11.8 Å². The van der Waals surface area contributed by atoms with Crippen molar-refractivity contribution < 1.29 is 55.9 Å². The molecule has 0 saturated heterocycles. The number of H-pyrrole nitrogens is 4. The van der Waals surface area contributed by atoms with Crippen molar-refractivity contribution in [3.8, 4) is 10.6 Å². The van der Waals surface area contributed by atoms with E-state index in [4.69, 9.17) is 23.2 Å². The van der Waals surface area contributed by atoms with Crippen molar-refractivity contribution in [3.05, 3.63) is 137 Å². The van der Waals surface area contributed by atoms with Crippen LogP contribution in [0.25, 0.3) is 20.8 Å². The van der Waals surface area contributed by atoms with Gasteiger partial charge in [0, 0.05) is 67.3 Å². The highest BCUT2D eigenvalue weighted by molar-refractivity contribution is 14.1. The number of rotatable bonds is 13. The zero-order valence-corrected chi connectivity index (χ0v) is 74.9. The molecule has 12 N–H and O–H groups in total. The number of hydrogen-bond donors (Lipinski definition) is 12. The van der Waals surface area contributed by atoms with Gasteiger partial charge in [-0.15, -0.1) is 11.3 Å². The summed E-state index contributed by atoms with van der Waals surface area (Å²) >= 11 is 30.1. The number of para-hydroxylation sites is 1. The number of aliphatic hydroxyl groups is 6. The van der Waals surface area contributed by atoms with Crippen LogP contribution in [-0.4, -0.2) is 218 Å². The molecule has 8 heterocycles. The summed E-state index contributed by atoms with van der Waals surface area (Å²) in [4.78, 5) is 87.8. The SMILES string of the molecule is CSc1nc(C)c(I)c(=O)[nH]1.CSc1nc(C)c(I)c(Cl)n1.CSc1nc(C)cc(=O)[nH]1.Cc1cc(=O)[nH]c(=S)[nH]1.Cc1nc(S(C)(=O)=O)nc(Cl)c1I.Cc1nc(S(C)(=O)=O)nc(N[C@@H]2C[C@H](CO)[C@@H](O)[C@H]2O)c1-c1nc2ccccc2s1.Cc1nc(S(C)(=O)=O)nc(N[C@@H]2C[C@H](CO)[C@@H](O)[C@H]2O)c1I. The molecule has 11 rings (SSSR count). The average Bonchev–Trinajstić information content (AvgIpc) is 1.52. The Kier molecular flexibility index (Phi) is 36.3. The molecule has 0 spiro atoms. The lowest BCUT2D eigenvalue weighted by molar-refractivity contribution is 0.00442. The van der Waals surface area contributed by atoms with Gasteiger partial charge in [-0.25, -0.2) is 75.1 Å². The predicted molar refractivity (Wildman–Crippen MR) is 447 cm³/mol. The maximum absolute atomic E-state index is 12.1. The van der Waals surface area contributed by atoms with Gasteiger partial charge in [0.25, 0.3) is 16.7 Å². The number of sulfone groups is 3. The molecule has 2 fully saturated rings. The van der Waals surface area contributed by atoms with Crippen LogP contribution in [0.2, 0.25) is 10.3 Å². The van der Waals surface area contributed by atoms with Crippen LogP contribution in [0.1, 0.15) is 52.7 Å². The fourth-order valence-corrected chi connectivity index (χ4v) is 15.2. The summed E-state index contributed by atoms with van der Waals surface area (Å²) in [5, 5.41) is 67.6. The Bertz CT molecular complexity index is 5110. The first-order chi connectivity index (χ1) is 49.3. The van der Waals surface area contributed by atoms with Gasteiger partial charge in [0.2, 0.25) is 45.0 Å². The Morgan fingerprint density at radius 2 is 0.991 bits per heavy atom. The summed E-state index contributed by atoms with van der Waals surface area (Å²) in [6.07, 6.45) is 5.11. The maximum atomic E-state index is 12.1. The van der Waals surface area contributed by atoms with E-state index in [1.807, 2.05) is 125 Å². The van der Waals surface area contributed by atoms with Gasteiger partial charge >= 0.3 is 0 Å². The number of anilines is 2. The number of hydrogen-bond acceptors (Lipinski definition) is 33. The van der Waals surface area contributed by atoms with Crippen LogP contribution in [0.4, 0.5) is 11.6 Å². The van der Waals surface area contributed by atoms with E-state index < -0.39 is 77.8 Å².